The van der Waals surface area contributed by atoms with E-state index in [9.17, 15) is 4.39 Å². The van der Waals surface area contributed by atoms with Gasteiger partial charge in [0.05, 0.1) is 5.38 Å². The van der Waals surface area contributed by atoms with Gasteiger partial charge in [-0.2, -0.15) is 0 Å². The van der Waals surface area contributed by atoms with Crippen molar-refractivity contribution in [3.05, 3.63) is 57.5 Å². The molecule has 1 heterocycles. The van der Waals surface area contributed by atoms with Gasteiger partial charge in [0.15, 0.2) is 0 Å². The van der Waals surface area contributed by atoms with Crippen LogP contribution < -0.4 is 0 Å². The zero-order chi connectivity index (χ0) is 11.5. The van der Waals surface area contributed by atoms with E-state index in [0.717, 1.165) is 12.0 Å². The Bertz CT molecular complexity index is 465. The van der Waals surface area contributed by atoms with Crippen molar-refractivity contribution in [1.82, 2.24) is 0 Å². The maximum Gasteiger partial charge on any atom is 0.126 e. The summed E-state index contributed by atoms with van der Waals surface area (Å²) < 4.78 is 13.1. The van der Waals surface area contributed by atoms with E-state index in [2.05, 4.69) is 6.07 Å². The number of alkyl halides is 1. The number of hydrogen-bond acceptors (Lipinski definition) is 1. The van der Waals surface area contributed by atoms with Crippen LogP contribution >= 0.6 is 22.9 Å². The molecule has 1 aromatic heterocycles. The average molecular weight is 255 g/mol. The maximum atomic E-state index is 13.1. The van der Waals surface area contributed by atoms with Crippen LogP contribution in [-0.2, 0) is 6.42 Å². The standard InChI is InChI=1S/C13H12ClFS/c1-9-7-10(4-5-13(9)15)12(14)8-11-3-2-6-16-11/h2-7,12H,8H2,1H3. The SMILES string of the molecule is Cc1cc(C(Cl)Cc2cccs2)ccc1F. The summed E-state index contributed by atoms with van der Waals surface area (Å²) in [7, 11) is 0. The summed E-state index contributed by atoms with van der Waals surface area (Å²) in [5, 5.41) is 1.95. The van der Waals surface area contributed by atoms with E-state index in [-0.39, 0.29) is 11.2 Å². The fourth-order valence-corrected chi connectivity index (χ4v) is 2.73. The lowest BCUT2D eigenvalue weighted by Crippen LogP contribution is -1.95. The summed E-state index contributed by atoms with van der Waals surface area (Å²) in [6.45, 7) is 1.76. The molecule has 0 nitrogen and oxygen atoms in total. The van der Waals surface area contributed by atoms with Crippen LogP contribution in [0.1, 0.15) is 21.4 Å². The topological polar surface area (TPSA) is 0 Å². The fraction of sp³-hybridized carbons (Fsp3) is 0.231. The molecule has 2 rings (SSSR count). The molecule has 0 aliphatic rings. The summed E-state index contributed by atoms with van der Waals surface area (Å²) in [6.07, 6.45) is 0.796. The number of halogens is 2. The largest absolute Gasteiger partial charge is 0.207 e. The molecular formula is C13H12ClFS. The van der Waals surface area contributed by atoms with Crippen LogP contribution in [0.4, 0.5) is 4.39 Å². The minimum absolute atomic E-state index is 0.0852. The van der Waals surface area contributed by atoms with Gasteiger partial charge in [0.1, 0.15) is 5.82 Å². The molecule has 0 radical (unpaired) electrons. The van der Waals surface area contributed by atoms with Gasteiger partial charge in [-0.05, 0) is 35.6 Å². The summed E-state index contributed by atoms with van der Waals surface area (Å²) in [4.78, 5) is 1.25. The van der Waals surface area contributed by atoms with Crippen LogP contribution in [0.25, 0.3) is 0 Å². The monoisotopic (exact) mass is 254 g/mol. The van der Waals surface area contributed by atoms with E-state index < -0.39 is 0 Å². The Kier molecular flexibility index (Phi) is 3.62. The minimum Gasteiger partial charge on any atom is -0.207 e. The van der Waals surface area contributed by atoms with Gasteiger partial charge in [-0.25, -0.2) is 4.39 Å². The molecule has 1 aromatic carbocycles. The Labute approximate surface area is 104 Å². The number of benzene rings is 1. The van der Waals surface area contributed by atoms with Crippen molar-refractivity contribution in [2.45, 2.75) is 18.7 Å². The third-order valence-corrected chi connectivity index (χ3v) is 3.81. The normalized spacial score (nSPS) is 12.7. The Morgan fingerprint density at radius 3 is 2.81 bits per heavy atom. The maximum absolute atomic E-state index is 13.1. The number of hydrogen-bond donors (Lipinski definition) is 0. The molecule has 2 aromatic rings. The van der Waals surface area contributed by atoms with Gasteiger partial charge in [0, 0.05) is 11.3 Å². The van der Waals surface area contributed by atoms with E-state index >= 15 is 0 Å². The van der Waals surface area contributed by atoms with Crippen LogP contribution in [0.5, 0.6) is 0 Å². The first-order valence-electron chi connectivity index (χ1n) is 5.09. The lowest BCUT2D eigenvalue weighted by atomic mass is 10.1. The molecule has 0 N–H and O–H groups in total. The number of aryl methyl sites for hydroxylation is 1. The van der Waals surface area contributed by atoms with Gasteiger partial charge >= 0.3 is 0 Å². The predicted octanol–water partition coefficient (Wildman–Crippen LogP) is 4.72. The second-order valence-electron chi connectivity index (χ2n) is 3.76. The van der Waals surface area contributed by atoms with Crippen molar-refractivity contribution >= 4 is 22.9 Å². The predicted molar refractivity (Wildman–Crippen MR) is 67.8 cm³/mol. The van der Waals surface area contributed by atoms with Gasteiger partial charge in [0.2, 0.25) is 0 Å². The molecule has 3 heteroatoms. The molecule has 0 saturated heterocycles. The molecule has 1 unspecified atom stereocenters. The van der Waals surface area contributed by atoms with Crippen LogP contribution in [-0.4, -0.2) is 0 Å². The van der Waals surface area contributed by atoms with E-state index in [1.54, 1.807) is 24.3 Å². The van der Waals surface area contributed by atoms with Crippen LogP contribution in [0, 0.1) is 12.7 Å². The molecule has 0 spiro atoms. The molecule has 0 aliphatic carbocycles. The second-order valence-corrected chi connectivity index (χ2v) is 5.32. The average Bonchev–Trinajstić information content (AvgIpc) is 2.74. The highest BCUT2D eigenvalue weighted by molar-refractivity contribution is 7.09. The van der Waals surface area contributed by atoms with Crippen LogP contribution in [0.15, 0.2) is 35.7 Å². The van der Waals surface area contributed by atoms with Crippen molar-refractivity contribution in [3.8, 4) is 0 Å². The van der Waals surface area contributed by atoms with Crippen LogP contribution in [0.3, 0.4) is 0 Å². The molecule has 0 bridgehead atoms. The molecule has 1 atom stereocenters. The highest BCUT2D eigenvalue weighted by Gasteiger charge is 2.10. The van der Waals surface area contributed by atoms with Gasteiger partial charge in [-0.1, -0.05) is 18.2 Å². The van der Waals surface area contributed by atoms with Crippen molar-refractivity contribution in [3.63, 3.8) is 0 Å². The molecule has 0 saturated carbocycles. The van der Waals surface area contributed by atoms with Gasteiger partial charge in [-0.15, -0.1) is 22.9 Å². The summed E-state index contributed by atoms with van der Waals surface area (Å²) >= 11 is 8.00. The molecule has 84 valence electrons. The van der Waals surface area contributed by atoms with E-state index in [4.69, 9.17) is 11.6 Å². The second kappa shape index (κ2) is 4.98. The fourth-order valence-electron chi connectivity index (χ4n) is 1.59. The Morgan fingerprint density at radius 2 is 2.19 bits per heavy atom. The van der Waals surface area contributed by atoms with Gasteiger partial charge in [0.25, 0.3) is 0 Å². The third kappa shape index (κ3) is 2.63. The molecular weight excluding hydrogens is 243 g/mol. The first kappa shape index (κ1) is 11.6. The first-order valence-corrected chi connectivity index (χ1v) is 6.41. The lowest BCUT2D eigenvalue weighted by molar-refractivity contribution is 0.617. The van der Waals surface area contributed by atoms with E-state index in [0.29, 0.717) is 5.56 Å². The smallest absolute Gasteiger partial charge is 0.126 e. The quantitative estimate of drug-likeness (QED) is 0.696. The van der Waals surface area contributed by atoms with Crippen molar-refractivity contribution in [1.29, 1.82) is 0 Å². The number of thiophene rings is 1. The number of rotatable bonds is 3. The Balaban J connectivity index is 2.14. The molecule has 0 aliphatic heterocycles. The highest BCUT2D eigenvalue weighted by atomic mass is 35.5. The van der Waals surface area contributed by atoms with Crippen LogP contribution in [0.2, 0.25) is 0 Å². The summed E-state index contributed by atoms with van der Waals surface area (Å²) in [5.41, 5.74) is 1.63. The van der Waals surface area contributed by atoms with Crippen molar-refractivity contribution < 1.29 is 4.39 Å². The van der Waals surface area contributed by atoms with Gasteiger partial charge in [-0.3, -0.25) is 0 Å². The Hall–Kier alpha value is -0.860. The molecule has 0 fully saturated rings. The Morgan fingerprint density at radius 1 is 1.38 bits per heavy atom. The molecule has 16 heavy (non-hydrogen) atoms. The zero-order valence-electron chi connectivity index (χ0n) is 8.91. The molecule has 0 amide bonds. The third-order valence-electron chi connectivity index (χ3n) is 2.50. The highest BCUT2D eigenvalue weighted by Crippen LogP contribution is 2.27. The van der Waals surface area contributed by atoms with E-state index in [1.807, 2.05) is 17.5 Å². The van der Waals surface area contributed by atoms with E-state index in [1.165, 1.54) is 10.9 Å². The first-order chi connectivity index (χ1) is 7.66. The van der Waals surface area contributed by atoms with Crippen molar-refractivity contribution in [2.75, 3.05) is 0 Å². The van der Waals surface area contributed by atoms with Crippen molar-refractivity contribution in [2.24, 2.45) is 0 Å². The zero-order valence-corrected chi connectivity index (χ0v) is 10.5. The lowest BCUT2D eigenvalue weighted by Gasteiger charge is -2.09. The van der Waals surface area contributed by atoms with Gasteiger partial charge < -0.3 is 0 Å². The summed E-state index contributed by atoms with van der Waals surface area (Å²) in [6, 6.07) is 9.14. The summed E-state index contributed by atoms with van der Waals surface area (Å²) in [5.74, 6) is -0.177. The minimum atomic E-state index is -0.177.